The Bertz CT molecular complexity index is 541. The molecule has 1 heterocycles. The molecule has 2 aliphatic carbocycles. The molecule has 4 rings (SSSR count). The second kappa shape index (κ2) is 8.07. The smallest absolute Gasteiger partial charge is 0.118 e. The molecule has 25 heavy (non-hydrogen) atoms. The first-order valence-electron chi connectivity index (χ1n) is 9.93. The summed E-state index contributed by atoms with van der Waals surface area (Å²) in [5.41, 5.74) is 1.34. The number of hydrogen-bond donors (Lipinski definition) is 0. The van der Waals surface area contributed by atoms with Crippen LogP contribution in [0.15, 0.2) is 24.3 Å². The summed E-state index contributed by atoms with van der Waals surface area (Å²) < 4.78 is 17.7. The van der Waals surface area contributed by atoms with Crippen molar-refractivity contribution in [3.63, 3.8) is 0 Å². The zero-order valence-electron chi connectivity index (χ0n) is 15.4. The Morgan fingerprint density at radius 1 is 1.08 bits per heavy atom. The van der Waals surface area contributed by atoms with Gasteiger partial charge in [-0.25, -0.2) is 0 Å². The number of hydrogen-bond acceptors (Lipinski definition) is 4. The molecule has 0 spiro atoms. The third kappa shape index (κ3) is 4.02. The summed E-state index contributed by atoms with van der Waals surface area (Å²) >= 11 is 0. The Morgan fingerprint density at radius 3 is 2.64 bits per heavy atom. The molecule has 3 atom stereocenters. The van der Waals surface area contributed by atoms with Gasteiger partial charge < -0.3 is 14.2 Å². The molecule has 4 heteroatoms. The number of morpholine rings is 1. The fraction of sp³-hybridized carbons (Fsp3) is 0.714. The van der Waals surface area contributed by atoms with Crippen LogP contribution in [0.5, 0.6) is 5.75 Å². The second-order valence-electron chi connectivity index (χ2n) is 7.82. The van der Waals surface area contributed by atoms with Gasteiger partial charge in [-0.05, 0) is 49.3 Å². The van der Waals surface area contributed by atoms with Crippen LogP contribution in [-0.2, 0) is 16.0 Å². The summed E-state index contributed by atoms with van der Waals surface area (Å²) in [6.45, 7) is 3.77. The number of methoxy groups -OCH3 is 1. The number of benzene rings is 1. The summed E-state index contributed by atoms with van der Waals surface area (Å²) in [6, 6.07) is 8.95. The Morgan fingerprint density at radius 2 is 1.88 bits per heavy atom. The summed E-state index contributed by atoms with van der Waals surface area (Å²) in [5, 5.41) is 0. The van der Waals surface area contributed by atoms with Gasteiger partial charge in [0.05, 0.1) is 25.9 Å². The minimum atomic E-state index is 0.258. The average molecular weight is 345 g/mol. The van der Waals surface area contributed by atoms with Crippen LogP contribution in [0, 0.1) is 5.92 Å². The molecular formula is C21H31NO3. The van der Waals surface area contributed by atoms with Gasteiger partial charge >= 0.3 is 0 Å². The van der Waals surface area contributed by atoms with Crippen molar-refractivity contribution in [1.82, 2.24) is 4.90 Å². The molecule has 0 bridgehead atoms. The number of rotatable bonds is 6. The number of fused-ring (bicyclic) bond motifs is 1. The monoisotopic (exact) mass is 345 g/mol. The lowest BCUT2D eigenvalue weighted by Gasteiger charge is -2.39. The topological polar surface area (TPSA) is 30.9 Å². The van der Waals surface area contributed by atoms with Crippen LogP contribution in [0.4, 0.5) is 0 Å². The molecule has 1 aromatic carbocycles. The normalized spacial score (nSPS) is 30.5. The highest BCUT2D eigenvalue weighted by Crippen LogP contribution is 2.34. The molecule has 1 saturated heterocycles. The standard InChI is InChI=1S/C21H31NO3/c1-23-18-8-6-16(7-9-18)14-22-12-13-24-21-19(22)10-11-20(21)25-15-17-4-2-3-5-17/h6-9,17,19-21H,2-5,10-15H2,1H3/t19-,20+,21+/m1/s1. The molecule has 0 unspecified atom stereocenters. The van der Waals surface area contributed by atoms with Crippen molar-refractivity contribution >= 4 is 0 Å². The van der Waals surface area contributed by atoms with Crippen molar-refractivity contribution in [2.75, 3.05) is 26.9 Å². The molecule has 2 saturated carbocycles. The van der Waals surface area contributed by atoms with Crippen molar-refractivity contribution in [1.29, 1.82) is 0 Å². The fourth-order valence-electron chi connectivity index (χ4n) is 4.77. The van der Waals surface area contributed by atoms with Gasteiger partial charge in [-0.3, -0.25) is 4.90 Å². The van der Waals surface area contributed by atoms with Gasteiger partial charge in [-0.15, -0.1) is 0 Å². The van der Waals surface area contributed by atoms with E-state index in [1.807, 2.05) is 0 Å². The molecule has 0 radical (unpaired) electrons. The highest BCUT2D eigenvalue weighted by molar-refractivity contribution is 5.27. The molecule has 0 aromatic heterocycles. The van der Waals surface area contributed by atoms with Crippen LogP contribution in [0.2, 0.25) is 0 Å². The predicted molar refractivity (Wildman–Crippen MR) is 97.9 cm³/mol. The van der Waals surface area contributed by atoms with Gasteiger partial charge in [-0.1, -0.05) is 25.0 Å². The van der Waals surface area contributed by atoms with E-state index in [9.17, 15) is 0 Å². The molecule has 138 valence electrons. The van der Waals surface area contributed by atoms with Crippen molar-refractivity contribution in [2.45, 2.75) is 63.3 Å². The maximum Gasteiger partial charge on any atom is 0.118 e. The zero-order chi connectivity index (χ0) is 17.1. The van der Waals surface area contributed by atoms with Gasteiger partial charge in [0.1, 0.15) is 5.75 Å². The Balaban J connectivity index is 1.33. The van der Waals surface area contributed by atoms with Crippen LogP contribution in [0.1, 0.15) is 44.1 Å². The SMILES string of the molecule is COc1ccc(CN2CCO[C@@H]3[C@@H](OCC4CCCC4)CC[C@H]32)cc1. The van der Waals surface area contributed by atoms with Gasteiger partial charge in [0.15, 0.2) is 0 Å². The van der Waals surface area contributed by atoms with E-state index in [1.165, 1.54) is 37.7 Å². The van der Waals surface area contributed by atoms with Crippen LogP contribution in [0.25, 0.3) is 0 Å². The van der Waals surface area contributed by atoms with Crippen LogP contribution < -0.4 is 4.74 Å². The summed E-state index contributed by atoms with van der Waals surface area (Å²) in [5.74, 6) is 1.71. The van der Waals surface area contributed by atoms with E-state index in [4.69, 9.17) is 14.2 Å². The first kappa shape index (κ1) is 17.3. The first-order valence-corrected chi connectivity index (χ1v) is 9.93. The maximum absolute atomic E-state index is 6.32. The number of nitrogens with zero attached hydrogens (tertiary/aromatic N) is 1. The van der Waals surface area contributed by atoms with E-state index >= 15 is 0 Å². The maximum atomic E-state index is 6.32. The van der Waals surface area contributed by atoms with E-state index in [-0.39, 0.29) is 6.10 Å². The Hall–Kier alpha value is -1.10. The van der Waals surface area contributed by atoms with Crippen molar-refractivity contribution in [3.05, 3.63) is 29.8 Å². The highest BCUT2D eigenvalue weighted by Gasteiger charge is 2.43. The Labute approximate surface area is 151 Å². The van der Waals surface area contributed by atoms with Gasteiger partial charge in [0, 0.05) is 25.7 Å². The van der Waals surface area contributed by atoms with E-state index < -0.39 is 0 Å². The highest BCUT2D eigenvalue weighted by atomic mass is 16.5. The van der Waals surface area contributed by atoms with Crippen molar-refractivity contribution in [2.24, 2.45) is 5.92 Å². The summed E-state index contributed by atoms with van der Waals surface area (Å²) in [7, 11) is 1.71. The third-order valence-electron chi connectivity index (χ3n) is 6.22. The Kier molecular flexibility index (Phi) is 5.59. The molecule has 3 aliphatic rings. The van der Waals surface area contributed by atoms with Gasteiger partial charge in [-0.2, -0.15) is 0 Å². The van der Waals surface area contributed by atoms with Crippen LogP contribution >= 0.6 is 0 Å². The van der Waals surface area contributed by atoms with Crippen molar-refractivity contribution in [3.8, 4) is 5.75 Å². The van der Waals surface area contributed by atoms with Crippen LogP contribution in [-0.4, -0.2) is 50.0 Å². The number of ether oxygens (including phenoxy) is 3. The molecule has 3 fully saturated rings. The zero-order valence-corrected chi connectivity index (χ0v) is 15.4. The first-order chi connectivity index (χ1) is 12.3. The van der Waals surface area contributed by atoms with E-state index in [0.717, 1.165) is 44.4 Å². The minimum Gasteiger partial charge on any atom is -0.497 e. The third-order valence-corrected chi connectivity index (χ3v) is 6.22. The van der Waals surface area contributed by atoms with Crippen LogP contribution in [0.3, 0.4) is 0 Å². The quantitative estimate of drug-likeness (QED) is 0.788. The van der Waals surface area contributed by atoms with Crippen molar-refractivity contribution < 1.29 is 14.2 Å². The fourth-order valence-corrected chi connectivity index (χ4v) is 4.77. The molecular weight excluding hydrogens is 314 g/mol. The molecule has 1 aromatic rings. The molecule has 0 N–H and O–H groups in total. The second-order valence-corrected chi connectivity index (χ2v) is 7.82. The lowest BCUT2D eigenvalue weighted by atomic mass is 10.1. The predicted octanol–water partition coefficient (Wildman–Crippen LogP) is 3.63. The molecule has 1 aliphatic heterocycles. The summed E-state index contributed by atoms with van der Waals surface area (Å²) in [4.78, 5) is 2.59. The lowest BCUT2D eigenvalue weighted by molar-refractivity contribution is -0.119. The van der Waals surface area contributed by atoms with E-state index in [0.29, 0.717) is 12.1 Å². The molecule has 0 amide bonds. The summed E-state index contributed by atoms with van der Waals surface area (Å²) in [6.07, 6.45) is 8.36. The van der Waals surface area contributed by atoms with E-state index in [1.54, 1.807) is 7.11 Å². The van der Waals surface area contributed by atoms with Gasteiger partial charge in [0.2, 0.25) is 0 Å². The lowest BCUT2D eigenvalue weighted by Crippen LogP contribution is -2.51. The van der Waals surface area contributed by atoms with Gasteiger partial charge in [0.25, 0.3) is 0 Å². The largest absolute Gasteiger partial charge is 0.497 e. The molecule has 4 nitrogen and oxygen atoms in total. The minimum absolute atomic E-state index is 0.258. The average Bonchev–Trinajstić information content (AvgIpc) is 3.31. The van der Waals surface area contributed by atoms with E-state index in [2.05, 4.69) is 29.2 Å².